The summed E-state index contributed by atoms with van der Waals surface area (Å²) in [6.45, 7) is 2.00. The number of carbonyl (C=O) groups is 2. The molecule has 4 rings (SSSR count). The lowest BCUT2D eigenvalue weighted by atomic mass is 10.2. The number of hydrogen-bond donors (Lipinski definition) is 2. The Morgan fingerprint density at radius 3 is 3.22 bits per heavy atom. The van der Waals surface area contributed by atoms with Gasteiger partial charge in [-0.05, 0) is 31.5 Å². The van der Waals surface area contributed by atoms with Crippen molar-refractivity contribution < 1.29 is 14.0 Å². The number of hydrogen-bond acceptors (Lipinski definition) is 4. The molecule has 2 aromatic rings. The first-order valence-corrected chi connectivity index (χ1v) is 8.37. The van der Waals surface area contributed by atoms with Crippen LogP contribution < -0.4 is 5.32 Å². The number of anilines is 1. The Hall–Kier alpha value is -2.09. The van der Waals surface area contributed by atoms with Gasteiger partial charge in [-0.15, -0.1) is 11.8 Å². The maximum Gasteiger partial charge on any atom is 0.250 e. The number of carbonyl (C=O) groups excluding carboxylic acids is 2. The van der Waals surface area contributed by atoms with Gasteiger partial charge in [-0.1, -0.05) is 0 Å². The summed E-state index contributed by atoms with van der Waals surface area (Å²) < 4.78 is 13.2. The minimum atomic E-state index is -0.495. The molecule has 0 saturated carbocycles. The van der Waals surface area contributed by atoms with Gasteiger partial charge in [-0.3, -0.25) is 14.9 Å². The van der Waals surface area contributed by atoms with Crippen LogP contribution >= 0.6 is 11.8 Å². The van der Waals surface area contributed by atoms with Crippen LogP contribution in [0, 0.1) is 5.82 Å². The Kier molecular flexibility index (Phi) is 3.12. The molecule has 2 atom stereocenters. The molecule has 2 fully saturated rings. The van der Waals surface area contributed by atoms with Gasteiger partial charge >= 0.3 is 0 Å². The van der Waals surface area contributed by atoms with E-state index >= 15 is 0 Å². The van der Waals surface area contributed by atoms with Crippen molar-refractivity contribution >= 4 is 40.6 Å². The third-order valence-electron chi connectivity index (χ3n) is 4.43. The summed E-state index contributed by atoms with van der Waals surface area (Å²) >= 11 is 1.64. The van der Waals surface area contributed by atoms with Crippen molar-refractivity contribution in [3.63, 3.8) is 0 Å². The predicted molar refractivity (Wildman–Crippen MR) is 85.4 cm³/mol. The topological polar surface area (TPSA) is 78.1 Å². The van der Waals surface area contributed by atoms with E-state index in [-0.39, 0.29) is 28.5 Å². The second kappa shape index (κ2) is 4.95. The van der Waals surface area contributed by atoms with Crippen LogP contribution in [0.25, 0.3) is 11.0 Å². The molecule has 120 valence electrons. The summed E-state index contributed by atoms with van der Waals surface area (Å²) in [6.07, 6.45) is 1.25. The minimum absolute atomic E-state index is 0.0179. The average Bonchev–Trinajstić information content (AvgIpc) is 3.12. The minimum Gasteiger partial charge on any atom is -0.324 e. The monoisotopic (exact) mass is 334 g/mol. The second-order valence-corrected chi connectivity index (χ2v) is 7.50. The Morgan fingerprint density at radius 2 is 2.39 bits per heavy atom. The normalized spacial score (nSPS) is 26.8. The van der Waals surface area contributed by atoms with E-state index in [1.807, 2.05) is 6.92 Å². The SMILES string of the molecule is C[C@@]12CCC(=O)N1[C@@H](C(=O)Nc1nc3ccc(F)cc3[nH]1)CS2. The van der Waals surface area contributed by atoms with Crippen LogP contribution in [-0.2, 0) is 9.59 Å². The van der Waals surface area contributed by atoms with Gasteiger partial charge in [0.2, 0.25) is 17.8 Å². The van der Waals surface area contributed by atoms with Gasteiger partial charge in [-0.2, -0.15) is 0 Å². The third kappa shape index (κ3) is 2.28. The molecule has 2 N–H and O–H groups in total. The van der Waals surface area contributed by atoms with E-state index in [9.17, 15) is 14.0 Å². The molecular formula is C15H15FN4O2S. The van der Waals surface area contributed by atoms with Gasteiger partial charge in [-0.25, -0.2) is 9.37 Å². The summed E-state index contributed by atoms with van der Waals surface area (Å²) in [5, 5.41) is 2.71. The van der Waals surface area contributed by atoms with Gasteiger partial charge < -0.3 is 9.88 Å². The highest BCUT2D eigenvalue weighted by Crippen LogP contribution is 2.47. The molecule has 0 spiro atoms. The van der Waals surface area contributed by atoms with E-state index in [0.29, 0.717) is 23.2 Å². The van der Waals surface area contributed by atoms with E-state index in [2.05, 4.69) is 15.3 Å². The maximum absolute atomic E-state index is 13.2. The van der Waals surface area contributed by atoms with Crippen molar-refractivity contribution in [2.75, 3.05) is 11.1 Å². The molecule has 2 amide bonds. The smallest absolute Gasteiger partial charge is 0.250 e. The molecule has 1 aromatic heterocycles. The van der Waals surface area contributed by atoms with Crippen LogP contribution in [0.3, 0.4) is 0 Å². The molecule has 0 unspecified atom stereocenters. The summed E-state index contributed by atoms with van der Waals surface area (Å²) in [6, 6.07) is 3.69. The molecule has 8 heteroatoms. The van der Waals surface area contributed by atoms with E-state index < -0.39 is 6.04 Å². The first-order valence-electron chi connectivity index (χ1n) is 7.38. The number of nitrogens with one attached hydrogen (secondary N) is 2. The standard InChI is InChI=1S/C15H15FN4O2S/c1-15-5-4-12(21)20(15)11(7-23-15)13(22)19-14-17-9-3-2-8(16)6-10(9)18-14/h2-3,6,11H,4-5,7H2,1H3,(H2,17,18,19,22)/t11-,15-/m1/s1. The molecular weight excluding hydrogens is 319 g/mol. The van der Waals surface area contributed by atoms with E-state index in [1.54, 1.807) is 22.7 Å². The lowest BCUT2D eigenvalue weighted by Gasteiger charge is -2.29. The predicted octanol–water partition coefficient (Wildman–Crippen LogP) is 2.09. The summed E-state index contributed by atoms with van der Waals surface area (Å²) in [5.41, 5.74) is 1.09. The van der Waals surface area contributed by atoms with Gasteiger partial charge in [0.05, 0.1) is 15.9 Å². The number of thioether (sulfide) groups is 1. The highest BCUT2D eigenvalue weighted by atomic mass is 32.2. The van der Waals surface area contributed by atoms with Crippen LogP contribution in [0.5, 0.6) is 0 Å². The molecule has 2 aliphatic rings. The number of amides is 2. The highest BCUT2D eigenvalue weighted by Gasteiger charge is 2.52. The van der Waals surface area contributed by atoms with Gasteiger partial charge in [0.15, 0.2) is 0 Å². The number of halogens is 1. The maximum atomic E-state index is 13.2. The summed E-state index contributed by atoms with van der Waals surface area (Å²) in [7, 11) is 0. The van der Waals surface area contributed by atoms with Crippen LogP contribution in [0.4, 0.5) is 10.3 Å². The molecule has 0 radical (unpaired) electrons. The molecule has 23 heavy (non-hydrogen) atoms. The van der Waals surface area contributed by atoms with Crippen LogP contribution in [0.2, 0.25) is 0 Å². The molecule has 2 saturated heterocycles. The van der Waals surface area contributed by atoms with Gasteiger partial charge in [0, 0.05) is 12.2 Å². The third-order valence-corrected chi connectivity index (χ3v) is 5.94. The van der Waals surface area contributed by atoms with Crippen LogP contribution in [0.15, 0.2) is 18.2 Å². The van der Waals surface area contributed by atoms with Crippen molar-refractivity contribution in [3.8, 4) is 0 Å². The lowest BCUT2D eigenvalue weighted by Crippen LogP contribution is -2.48. The van der Waals surface area contributed by atoms with Crippen molar-refractivity contribution in [1.82, 2.24) is 14.9 Å². The van der Waals surface area contributed by atoms with Crippen molar-refractivity contribution in [2.24, 2.45) is 0 Å². The van der Waals surface area contributed by atoms with E-state index in [0.717, 1.165) is 6.42 Å². The molecule has 0 bridgehead atoms. The van der Waals surface area contributed by atoms with Crippen molar-refractivity contribution in [1.29, 1.82) is 0 Å². The Morgan fingerprint density at radius 1 is 1.57 bits per heavy atom. The average molecular weight is 334 g/mol. The van der Waals surface area contributed by atoms with Gasteiger partial charge in [0.1, 0.15) is 11.9 Å². The first kappa shape index (κ1) is 14.5. The molecule has 1 aromatic carbocycles. The fourth-order valence-electron chi connectivity index (χ4n) is 3.26. The number of nitrogens with zero attached hydrogens (tertiary/aromatic N) is 2. The number of imidazole rings is 1. The number of H-pyrrole nitrogens is 1. The number of fused-ring (bicyclic) bond motifs is 2. The number of aromatic nitrogens is 2. The second-order valence-electron chi connectivity index (χ2n) is 6.00. The molecule has 2 aliphatic heterocycles. The van der Waals surface area contributed by atoms with Crippen molar-refractivity contribution in [3.05, 3.63) is 24.0 Å². The zero-order valence-corrected chi connectivity index (χ0v) is 13.2. The summed E-state index contributed by atoms with van der Waals surface area (Å²) in [4.78, 5) is 33.1. The summed E-state index contributed by atoms with van der Waals surface area (Å²) in [5.74, 6) is 0.217. The van der Waals surface area contributed by atoms with Gasteiger partial charge in [0.25, 0.3) is 0 Å². The molecule has 6 nitrogen and oxygen atoms in total. The lowest BCUT2D eigenvalue weighted by molar-refractivity contribution is -0.135. The van der Waals surface area contributed by atoms with Crippen LogP contribution in [-0.4, -0.2) is 43.3 Å². The van der Waals surface area contributed by atoms with Crippen LogP contribution in [0.1, 0.15) is 19.8 Å². The zero-order chi connectivity index (χ0) is 16.2. The number of rotatable bonds is 2. The largest absolute Gasteiger partial charge is 0.324 e. The fourth-order valence-corrected chi connectivity index (χ4v) is 4.69. The number of aromatic amines is 1. The Bertz CT molecular complexity index is 823. The zero-order valence-electron chi connectivity index (χ0n) is 12.4. The molecule has 3 heterocycles. The Labute approximate surface area is 135 Å². The Balaban J connectivity index is 1.56. The number of benzene rings is 1. The highest BCUT2D eigenvalue weighted by molar-refractivity contribution is 8.01. The van der Waals surface area contributed by atoms with Crippen molar-refractivity contribution in [2.45, 2.75) is 30.7 Å². The molecule has 0 aliphatic carbocycles. The van der Waals surface area contributed by atoms with E-state index in [1.165, 1.54) is 12.1 Å². The fraction of sp³-hybridized carbons (Fsp3) is 0.400. The first-order chi connectivity index (χ1) is 11.0. The quantitative estimate of drug-likeness (QED) is 0.881. The van der Waals surface area contributed by atoms with E-state index in [4.69, 9.17) is 0 Å².